The summed E-state index contributed by atoms with van der Waals surface area (Å²) in [5, 5.41) is 23.4. The number of benzene rings is 4. The number of rotatable bonds is 13. The summed E-state index contributed by atoms with van der Waals surface area (Å²) < 4.78 is 128. The molecule has 277 valence electrons. The topological polar surface area (TPSA) is 314 Å². The first-order valence-corrected chi connectivity index (χ1v) is 20.1. The number of azo groups is 1. The zero-order chi connectivity index (χ0) is 38.1. The minimum absolute atomic E-state index is 0. The van der Waals surface area contributed by atoms with E-state index in [2.05, 4.69) is 40.0 Å². The molecule has 5 rings (SSSR count). The van der Waals surface area contributed by atoms with Gasteiger partial charge in [-0.25, -0.2) is 12.6 Å². The Balaban J connectivity index is 0.00000348. The molecule has 0 atom stereocenters. The monoisotopic (exact) mass is 884 g/mol. The third-order valence-electron chi connectivity index (χ3n) is 6.63. The molecule has 4 aromatic carbocycles. The number of phenolic OH excluding ortho intramolecular Hbond substituents is 1. The smallest absolute Gasteiger partial charge is 0.397 e. The second-order valence-corrected chi connectivity index (χ2v) is 16.6. The SMILES string of the molecule is O=S(=O)(O)OCCS(=O)(=O)c1ccc(Nc2nc(Cl)nc(Nc3cc(S(=O)(=O)O)cc4cc(S(=O)(=O)O)c(N=Nc5ccccc5)c(O)c34)n2)cc1.[Na].[Na].[Na]. The Morgan fingerprint density at radius 2 is 1.31 bits per heavy atom. The van der Waals surface area contributed by atoms with Crippen molar-refractivity contribution in [1.29, 1.82) is 0 Å². The maximum absolute atomic E-state index is 12.5. The molecule has 6 N–H and O–H groups in total. The van der Waals surface area contributed by atoms with Gasteiger partial charge in [0.1, 0.15) is 10.6 Å². The number of hydrogen-bond donors (Lipinski definition) is 6. The predicted molar refractivity (Wildman–Crippen MR) is 201 cm³/mol. The Kier molecular flexibility index (Phi) is 17.6. The minimum Gasteiger partial charge on any atom is -0.505 e. The van der Waals surface area contributed by atoms with Crippen molar-refractivity contribution in [2.24, 2.45) is 10.2 Å². The quantitative estimate of drug-likeness (QED) is 0.0561. The molecule has 0 fully saturated rings. The van der Waals surface area contributed by atoms with Gasteiger partial charge in [0.2, 0.25) is 17.2 Å². The number of sulfone groups is 1. The summed E-state index contributed by atoms with van der Waals surface area (Å²) in [6.07, 6.45) is 0. The largest absolute Gasteiger partial charge is 0.505 e. The number of hydrogen-bond acceptors (Lipinski definition) is 17. The van der Waals surface area contributed by atoms with Crippen molar-refractivity contribution >= 4 is 186 Å². The first-order chi connectivity index (χ1) is 24.2. The van der Waals surface area contributed by atoms with Gasteiger partial charge in [-0.15, -0.1) is 5.11 Å². The summed E-state index contributed by atoms with van der Waals surface area (Å²) >= 11 is 6.10. The summed E-state index contributed by atoms with van der Waals surface area (Å²) in [5.41, 5.74) is -0.607. The van der Waals surface area contributed by atoms with E-state index in [1.165, 1.54) is 24.3 Å². The molecular weight excluding hydrogens is 863 g/mol. The van der Waals surface area contributed by atoms with Crippen molar-refractivity contribution in [2.45, 2.75) is 14.7 Å². The van der Waals surface area contributed by atoms with E-state index in [-0.39, 0.29) is 133 Å². The van der Waals surface area contributed by atoms with Crippen molar-refractivity contribution in [2.75, 3.05) is 23.0 Å². The van der Waals surface area contributed by atoms with Gasteiger partial charge < -0.3 is 15.7 Å². The van der Waals surface area contributed by atoms with Gasteiger partial charge in [0.05, 0.1) is 33.5 Å². The molecule has 0 unspecified atom stereocenters. The van der Waals surface area contributed by atoms with Crippen LogP contribution >= 0.6 is 11.6 Å². The second-order valence-electron chi connectivity index (χ2n) is 10.2. The fourth-order valence-corrected chi connectivity index (χ4v) is 7.28. The van der Waals surface area contributed by atoms with Gasteiger partial charge in [-0.2, -0.15) is 45.3 Å². The van der Waals surface area contributed by atoms with Crippen LogP contribution in [0.25, 0.3) is 10.8 Å². The van der Waals surface area contributed by atoms with Crippen LogP contribution in [0.3, 0.4) is 0 Å². The van der Waals surface area contributed by atoms with E-state index in [1.54, 1.807) is 18.2 Å². The zero-order valence-corrected chi connectivity index (χ0v) is 38.6. The van der Waals surface area contributed by atoms with Gasteiger partial charge in [0, 0.05) is 99.7 Å². The fraction of sp³-hybridized carbons (Fsp3) is 0.0741. The van der Waals surface area contributed by atoms with Crippen molar-refractivity contribution < 1.29 is 56.6 Å². The van der Waals surface area contributed by atoms with Gasteiger partial charge >= 0.3 is 10.4 Å². The van der Waals surface area contributed by atoms with Crippen LogP contribution < -0.4 is 10.6 Å². The van der Waals surface area contributed by atoms with Crippen LogP contribution in [0.4, 0.5) is 34.6 Å². The van der Waals surface area contributed by atoms with Crippen LogP contribution in [-0.4, -0.2) is 168 Å². The number of nitrogens with zero attached hydrogens (tertiary/aromatic N) is 5. The number of phenols is 1. The van der Waals surface area contributed by atoms with E-state index < -0.39 is 79.3 Å². The van der Waals surface area contributed by atoms with Crippen molar-refractivity contribution in [3.8, 4) is 5.75 Å². The van der Waals surface area contributed by atoms with Crippen molar-refractivity contribution in [3.05, 3.63) is 78.1 Å². The first-order valence-electron chi connectivity index (χ1n) is 13.9. The summed E-state index contributed by atoms with van der Waals surface area (Å²) in [4.78, 5) is 10.0. The Hall–Kier alpha value is -1.92. The predicted octanol–water partition coefficient (Wildman–Crippen LogP) is 3.23. The first kappa shape index (κ1) is 49.2. The van der Waals surface area contributed by atoms with E-state index in [0.29, 0.717) is 0 Å². The minimum atomic E-state index is -5.11. The van der Waals surface area contributed by atoms with Crippen LogP contribution in [0.15, 0.2) is 97.7 Å². The molecule has 55 heavy (non-hydrogen) atoms. The molecule has 0 aliphatic carbocycles. The van der Waals surface area contributed by atoms with Crippen LogP contribution in [0.1, 0.15) is 0 Å². The maximum atomic E-state index is 12.5. The van der Waals surface area contributed by atoms with Crippen LogP contribution in [0.2, 0.25) is 5.28 Å². The number of anilines is 4. The molecule has 0 amide bonds. The summed E-state index contributed by atoms with van der Waals surface area (Å²) in [6.45, 7) is -0.832. The molecule has 0 saturated heterocycles. The van der Waals surface area contributed by atoms with Gasteiger partial charge in [-0.05, 0) is 71.6 Å². The third-order valence-corrected chi connectivity index (χ3v) is 10.7. The van der Waals surface area contributed by atoms with Crippen LogP contribution in [0, 0.1) is 0 Å². The Labute approximate surface area is 384 Å². The third kappa shape index (κ3) is 13.3. The van der Waals surface area contributed by atoms with Crippen LogP contribution in [-0.2, 0) is 44.7 Å². The Morgan fingerprint density at radius 1 is 0.709 bits per heavy atom. The number of aromatic hydroxyl groups is 1. The van der Waals surface area contributed by atoms with E-state index in [9.17, 15) is 47.9 Å². The van der Waals surface area contributed by atoms with Crippen molar-refractivity contribution in [3.63, 3.8) is 0 Å². The second kappa shape index (κ2) is 19.7. The fourth-order valence-electron chi connectivity index (χ4n) is 4.43. The molecule has 28 heteroatoms. The normalized spacial score (nSPS) is 12.0. The molecule has 3 radical (unpaired) electrons. The molecule has 0 spiro atoms. The molecule has 0 saturated carbocycles. The molecule has 5 aromatic rings. The molecule has 0 aliphatic heterocycles. The Morgan fingerprint density at radius 3 is 1.87 bits per heavy atom. The van der Waals surface area contributed by atoms with E-state index in [0.717, 1.165) is 30.3 Å². The molecule has 1 aromatic heterocycles. The van der Waals surface area contributed by atoms with E-state index >= 15 is 0 Å². The number of halogens is 1. The summed E-state index contributed by atoms with van der Waals surface area (Å²) in [6, 6.07) is 15.3. The molecule has 0 aliphatic rings. The molecule has 0 bridgehead atoms. The van der Waals surface area contributed by atoms with Gasteiger partial charge in [0.25, 0.3) is 20.2 Å². The maximum Gasteiger partial charge on any atom is 0.397 e. The summed E-state index contributed by atoms with van der Waals surface area (Å²) in [7, 11) is -18.9. The van der Waals surface area contributed by atoms with E-state index in [1.807, 2.05) is 0 Å². The van der Waals surface area contributed by atoms with Gasteiger partial charge in [-0.1, -0.05) is 18.2 Å². The Bertz CT molecular complexity index is 2680. The molecule has 1 heterocycles. The van der Waals surface area contributed by atoms with Gasteiger partial charge in [-0.3, -0.25) is 13.7 Å². The number of fused-ring (bicyclic) bond motifs is 1. The summed E-state index contributed by atoms with van der Waals surface area (Å²) in [5.74, 6) is -2.30. The zero-order valence-electron chi connectivity index (χ0n) is 28.6. The standard InChI is InChI=1S/C27H22ClN7O13S4.3Na/c28-25-31-26(29-16-6-8-18(9-7-16)49(37,38)11-10-48-52(45,46)47)33-27(32-25)30-20-14-19(50(39,40)41)12-15-13-21(51(42,43)44)23(24(36)22(15)20)35-34-17-4-2-1-3-5-17;;;/h1-9,12-14,36H,10-11H2,(H,39,40,41)(H,42,43,44)(H,45,46,47)(H2,29,30,31,32,33);;;. The van der Waals surface area contributed by atoms with Crippen LogP contribution in [0.5, 0.6) is 5.75 Å². The van der Waals surface area contributed by atoms with Gasteiger partial charge in [0.15, 0.2) is 15.6 Å². The molecule has 20 nitrogen and oxygen atoms in total. The average Bonchev–Trinajstić information content (AvgIpc) is 3.03. The van der Waals surface area contributed by atoms with Crippen molar-refractivity contribution in [1.82, 2.24) is 15.0 Å². The van der Waals surface area contributed by atoms with E-state index in [4.69, 9.17) is 16.2 Å². The number of nitrogens with one attached hydrogen (secondary N) is 2. The average molecular weight is 885 g/mol. The molecular formula is C27H22ClN7Na3O13S4. The number of aromatic nitrogens is 3.